The highest BCUT2D eigenvalue weighted by molar-refractivity contribution is 5.77. The molecule has 0 bridgehead atoms. The number of rotatable bonds is 7. The molecule has 1 heterocycles. The Morgan fingerprint density at radius 1 is 1.10 bits per heavy atom. The van der Waals surface area contributed by atoms with Crippen LogP contribution in [0.2, 0.25) is 0 Å². The molecule has 0 unspecified atom stereocenters. The van der Waals surface area contributed by atoms with E-state index in [9.17, 15) is 4.79 Å². The standard InChI is InChI=1S/C25H33NO3/c1-19(2)29-22-12-10-20(11-13-22)17-26-23(27)16-25(21-8-6-5-7-9-21)14-15-28-24(3,4)18-25/h5-13,19H,14-18H2,1-4H3,(H,26,27)/t25-/m0/s1. The zero-order chi connectivity index (χ0) is 20.9. The van der Waals surface area contributed by atoms with Crippen molar-refractivity contribution in [1.29, 1.82) is 0 Å². The van der Waals surface area contributed by atoms with Gasteiger partial charge in [0.15, 0.2) is 0 Å². The van der Waals surface area contributed by atoms with Crippen molar-refractivity contribution in [2.45, 2.75) is 70.6 Å². The average Bonchev–Trinajstić information content (AvgIpc) is 2.67. The normalized spacial score (nSPS) is 21.0. The molecule has 0 aliphatic carbocycles. The minimum absolute atomic E-state index is 0.0778. The van der Waals surface area contributed by atoms with Crippen molar-refractivity contribution in [1.82, 2.24) is 5.32 Å². The SMILES string of the molecule is CC(C)Oc1ccc(CNC(=O)C[C@@]2(c3ccccc3)CCOC(C)(C)C2)cc1. The van der Waals surface area contributed by atoms with Gasteiger partial charge in [0, 0.05) is 25.0 Å². The lowest BCUT2D eigenvalue weighted by molar-refractivity contribution is -0.126. The zero-order valence-electron chi connectivity index (χ0n) is 18.0. The summed E-state index contributed by atoms with van der Waals surface area (Å²) in [6.45, 7) is 9.44. The Hall–Kier alpha value is -2.33. The molecule has 1 N–H and O–H groups in total. The maximum Gasteiger partial charge on any atom is 0.221 e. The Bertz CT molecular complexity index is 799. The second-order valence-corrected chi connectivity index (χ2v) is 8.95. The largest absolute Gasteiger partial charge is 0.491 e. The van der Waals surface area contributed by atoms with Crippen molar-refractivity contribution in [3.8, 4) is 5.75 Å². The molecule has 4 nitrogen and oxygen atoms in total. The molecule has 2 aromatic carbocycles. The maximum absolute atomic E-state index is 12.9. The van der Waals surface area contributed by atoms with Gasteiger partial charge in [0.25, 0.3) is 0 Å². The number of benzene rings is 2. The van der Waals surface area contributed by atoms with Crippen molar-refractivity contribution >= 4 is 5.91 Å². The van der Waals surface area contributed by atoms with Gasteiger partial charge in [0.1, 0.15) is 5.75 Å². The van der Waals surface area contributed by atoms with Gasteiger partial charge < -0.3 is 14.8 Å². The van der Waals surface area contributed by atoms with Crippen LogP contribution in [0.3, 0.4) is 0 Å². The lowest BCUT2D eigenvalue weighted by Crippen LogP contribution is -2.46. The number of carbonyl (C=O) groups excluding carboxylic acids is 1. The first-order valence-corrected chi connectivity index (χ1v) is 10.5. The van der Waals surface area contributed by atoms with E-state index in [1.54, 1.807) is 0 Å². The van der Waals surface area contributed by atoms with Crippen LogP contribution in [-0.2, 0) is 21.5 Å². The number of hydrogen-bond donors (Lipinski definition) is 1. The van der Waals surface area contributed by atoms with Crippen molar-refractivity contribution in [3.63, 3.8) is 0 Å². The minimum Gasteiger partial charge on any atom is -0.491 e. The van der Waals surface area contributed by atoms with E-state index in [4.69, 9.17) is 9.47 Å². The number of carbonyl (C=O) groups is 1. The first-order chi connectivity index (χ1) is 13.8. The number of nitrogens with one attached hydrogen (secondary N) is 1. The molecule has 1 amide bonds. The molecular formula is C25H33NO3. The van der Waals surface area contributed by atoms with E-state index in [0.29, 0.717) is 19.6 Å². The summed E-state index contributed by atoms with van der Waals surface area (Å²) in [5.74, 6) is 0.927. The second kappa shape index (κ2) is 9.00. The molecule has 4 heteroatoms. The van der Waals surface area contributed by atoms with Crippen LogP contribution in [-0.4, -0.2) is 24.2 Å². The molecule has 1 atom stereocenters. The van der Waals surface area contributed by atoms with Crippen LogP contribution >= 0.6 is 0 Å². The van der Waals surface area contributed by atoms with Gasteiger partial charge in [-0.3, -0.25) is 4.79 Å². The molecule has 0 radical (unpaired) electrons. The number of amides is 1. The van der Waals surface area contributed by atoms with Crippen LogP contribution in [0.1, 0.15) is 58.1 Å². The summed E-state index contributed by atoms with van der Waals surface area (Å²) in [7, 11) is 0. The monoisotopic (exact) mass is 395 g/mol. The molecule has 156 valence electrons. The molecule has 1 saturated heterocycles. The zero-order valence-corrected chi connectivity index (χ0v) is 18.0. The van der Waals surface area contributed by atoms with Crippen LogP contribution in [0.5, 0.6) is 5.75 Å². The van der Waals surface area contributed by atoms with E-state index in [-0.39, 0.29) is 23.0 Å². The van der Waals surface area contributed by atoms with Crippen LogP contribution in [0.15, 0.2) is 54.6 Å². The second-order valence-electron chi connectivity index (χ2n) is 8.95. The van der Waals surface area contributed by atoms with E-state index in [0.717, 1.165) is 24.2 Å². The fraction of sp³-hybridized carbons (Fsp3) is 0.480. The summed E-state index contributed by atoms with van der Waals surface area (Å²) in [6.07, 6.45) is 2.31. The third kappa shape index (κ3) is 5.83. The van der Waals surface area contributed by atoms with Gasteiger partial charge in [-0.05, 0) is 63.8 Å². The Kier molecular flexibility index (Phi) is 6.63. The van der Waals surface area contributed by atoms with E-state index in [1.807, 2.05) is 44.2 Å². The smallest absolute Gasteiger partial charge is 0.221 e. The Morgan fingerprint density at radius 2 is 1.79 bits per heavy atom. The highest BCUT2D eigenvalue weighted by Gasteiger charge is 2.43. The average molecular weight is 396 g/mol. The van der Waals surface area contributed by atoms with Crippen molar-refractivity contribution in [2.75, 3.05) is 6.61 Å². The van der Waals surface area contributed by atoms with Crippen molar-refractivity contribution in [3.05, 3.63) is 65.7 Å². The van der Waals surface area contributed by atoms with E-state index in [2.05, 4.69) is 43.4 Å². The predicted molar refractivity (Wildman–Crippen MR) is 116 cm³/mol. The highest BCUT2D eigenvalue weighted by atomic mass is 16.5. The fourth-order valence-electron chi connectivity index (χ4n) is 4.30. The summed E-state index contributed by atoms with van der Waals surface area (Å²) in [4.78, 5) is 12.9. The summed E-state index contributed by atoms with van der Waals surface area (Å²) in [5, 5.41) is 3.11. The number of ether oxygens (including phenoxy) is 2. The van der Waals surface area contributed by atoms with Crippen LogP contribution in [0, 0.1) is 0 Å². The third-order valence-electron chi connectivity index (χ3n) is 5.51. The summed E-state index contributed by atoms with van der Waals surface area (Å²) in [5.41, 5.74) is 1.86. The Morgan fingerprint density at radius 3 is 2.41 bits per heavy atom. The molecular weight excluding hydrogens is 362 g/mol. The van der Waals surface area contributed by atoms with Gasteiger partial charge in [0.2, 0.25) is 5.91 Å². The van der Waals surface area contributed by atoms with Gasteiger partial charge >= 0.3 is 0 Å². The number of hydrogen-bond acceptors (Lipinski definition) is 3. The molecule has 1 fully saturated rings. The van der Waals surface area contributed by atoms with Crippen molar-refractivity contribution in [2.24, 2.45) is 0 Å². The van der Waals surface area contributed by atoms with E-state index in [1.165, 1.54) is 5.56 Å². The van der Waals surface area contributed by atoms with Gasteiger partial charge in [0.05, 0.1) is 11.7 Å². The van der Waals surface area contributed by atoms with Gasteiger partial charge in [-0.2, -0.15) is 0 Å². The lowest BCUT2D eigenvalue weighted by Gasteiger charge is -2.45. The van der Waals surface area contributed by atoms with E-state index < -0.39 is 0 Å². The topological polar surface area (TPSA) is 47.6 Å². The Balaban J connectivity index is 1.66. The maximum atomic E-state index is 12.9. The molecule has 0 saturated carbocycles. The van der Waals surface area contributed by atoms with Gasteiger partial charge in [-0.1, -0.05) is 42.5 Å². The molecule has 0 spiro atoms. The van der Waals surface area contributed by atoms with Crippen LogP contribution in [0.4, 0.5) is 0 Å². The summed E-state index contributed by atoms with van der Waals surface area (Å²) >= 11 is 0. The molecule has 1 aliphatic rings. The molecule has 2 aromatic rings. The molecule has 3 rings (SSSR count). The first kappa shape index (κ1) is 21.4. The summed E-state index contributed by atoms with van der Waals surface area (Å²) in [6, 6.07) is 18.3. The van der Waals surface area contributed by atoms with Crippen LogP contribution in [0.25, 0.3) is 0 Å². The fourth-order valence-corrected chi connectivity index (χ4v) is 4.30. The molecule has 1 aliphatic heterocycles. The predicted octanol–water partition coefficient (Wildman–Crippen LogP) is 5.01. The third-order valence-corrected chi connectivity index (χ3v) is 5.51. The minimum atomic E-state index is -0.235. The first-order valence-electron chi connectivity index (χ1n) is 10.5. The molecule has 29 heavy (non-hydrogen) atoms. The van der Waals surface area contributed by atoms with E-state index >= 15 is 0 Å². The van der Waals surface area contributed by atoms with Crippen molar-refractivity contribution < 1.29 is 14.3 Å². The highest BCUT2D eigenvalue weighted by Crippen LogP contribution is 2.43. The van der Waals surface area contributed by atoms with Gasteiger partial charge in [-0.25, -0.2) is 0 Å². The molecule has 0 aromatic heterocycles. The quantitative estimate of drug-likeness (QED) is 0.717. The lowest BCUT2D eigenvalue weighted by atomic mass is 9.67. The van der Waals surface area contributed by atoms with Crippen LogP contribution < -0.4 is 10.1 Å². The Labute approximate surface area is 174 Å². The van der Waals surface area contributed by atoms with Gasteiger partial charge in [-0.15, -0.1) is 0 Å². The summed E-state index contributed by atoms with van der Waals surface area (Å²) < 4.78 is 11.6.